The van der Waals surface area contributed by atoms with E-state index in [9.17, 15) is 0 Å². The van der Waals surface area contributed by atoms with Gasteiger partial charge in [-0.15, -0.1) is 0 Å². The summed E-state index contributed by atoms with van der Waals surface area (Å²) in [6.07, 6.45) is 12.3. The second-order valence-electron chi connectivity index (χ2n) is 3.84. The lowest BCUT2D eigenvalue weighted by atomic mass is 9.85. The highest BCUT2D eigenvalue weighted by atomic mass is 14.2. The molecule has 0 aromatic heterocycles. The van der Waals surface area contributed by atoms with Crippen molar-refractivity contribution in [1.29, 1.82) is 0 Å². The Morgan fingerprint density at radius 2 is 2.00 bits per heavy atom. The number of fused-ring (bicyclic) bond motifs is 1. The zero-order valence-corrected chi connectivity index (χ0v) is 7.98. The summed E-state index contributed by atoms with van der Waals surface area (Å²) in [5, 5.41) is 2.84. The lowest BCUT2D eigenvalue weighted by Gasteiger charge is -2.19. The van der Waals surface area contributed by atoms with E-state index in [1.165, 1.54) is 16.0 Å². The lowest BCUT2D eigenvalue weighted by molar-refractivity contribution is 0.843. The number of hydrogen-bond acceptors (Lipinski definition) is 0. The highest BCUT2D eigenvalue weighted by Crippen LogP contribution is 2.23. The van der Waals surface area contributed by atoms with E-state index in [1.807, 2.05) is 0 Å². The Morgan fingerprint density at radius 1 is 1.07 bits per heavy atom. The van der Waals surface area contributed by atoms with Crippen LogP contribution < -0.4 is 10.4 Å². The van der Waals surface area contributed by atoms with E-state index in [1.54, 1.807) is 0 Å². The van der Waals surface area contributed by atoms with Crippen molar-refractivity contribution in [3.63, 3.8) is 0 Å². The smallest absolute Gasteiger partial charge is 0.00620 e. The van der Waals surface area contributed by atoms with Crippen LogP contribution in [-0.4, -0.2) is 0 Å². The minimum Gasteiger partial charge on any atom is -0.0836 e. The Labute approximate surface area is 83.6 Å². The van der Waals surface area contributed by atoms with Gasteiger partial charge in [-0.25, -0.2) is 0 Å². The molecule has 1 unspecified atom stereocenters. The molecule has 1 atom stereocenters. The van der Waals surface area contributed by atoms with Crippen LogP contribution in [0.5, 0.6) is 0 Å². The van der Waals surface area contributed by atoms with E-state index in [-0.39, 0.29) is 0 Å². The summed E-state index contributed by atoms with van der Waals surface area (Å²) in [4.78, 5) is 0. The molecular formula is C14H12. The standard InChI is InChI=1S/C14H12/c1-2-6-11(7-3-1)14-10-12-8-4-5-9-13(12)14/h1-6,8-11H,7H2. The Hall–Kier alpha value is -1.56. The van der Waals surface area contributed by atoms with Crippen LogP contribution in [0.4, 0.5) is 0 Å². The molecule has 0 aliphatic heterocycles. The maximum absolute atomic E-state index is 2.31. The number of hydrogen-bond donors (Lipinski definition) is 0. The molecule has 0 saturated heterocycles. The summed E-state index contributed by atoms with van der Waals surface area (Å²) in [7, 11) is 0. The largest absolute Gasteiger partial charge is 0.0836 e. The number of allylic oxidation sites excluding steroid dienone is 4. The van der Waals surface area contributed by atoms with Gasteiger partial charge in [-0.05, 0) is 28.5 Å². The van der Waals surface area contributed by atoms with Gasteiger partial charge in [0.05, 0.1) is 0 Å². The first-order chi connectivity index (χ1) is 6.95. The predicted octanol–water partition coefficient (Wildman–Crippen LogP) is 1.76. The topological polar surface area (TPSA) is 0 Å². The molecule has 0 fully saturated rings. The fraction of sp³-hybridized carbons (Fsp3) is 0.143. The van der Waals surface area contributed by atoms with E-state index in [0.717, 1.165) is 6.42 Å². The van der Waals surface area contributed by atoms with Gasteiger partial charge in [-0.3, -0.25) is 0 Å². The summed E-state index contributed by atoms with van der Waals surface area (Å²) in [6.45, 7) is 0. The lowest BCUT2D eigenvalue weighted by Crippen LogP contribution is -2.36. The van der Waals surface area contributed by atoms with E-state index in [2.05, 4.69) is 54.6 Å². The fourth-order valence-corrected chi connectivity index (χ4v) is 2.17. The molecular weight excluding hydrogens is 168 g/mol. The van der Waals surface area contributed by atoms with Crippen LogP contribution in [0.15, 0.2) is 48.6 Å². The van der Waals surface area contributed by atoms with Crippen LogP contribution in [0, 0.1) is 5.92 Å². The molecule has 0 saturated carbocycles. The molecule has 0 N–H and O–H groups in total. The summed E-state index contributed by atoms with van der Waals surface area (Å²) < 4.78 is 0. The Kier molecular flexibility index (Phi) is 1.66. The first-order valence-corrected chi connectivity index (χ1v) is 5.09. The van der Waals surface area contributed by atoms with Gasteiger partial charge in [-0.2, -0.15) is 0 Å². The Bertz CT molecular complexity index is 529. The van der Waals surface area contributed by atoms with Crippen LogP contribution in [0.3, 0.4) is 0 Å². The third kappa shape index (κ3) is 1.07. The number of benzene rings is 1. The first-order valence-electron chi connectivity index (χ1n) is 5.09. The van der Waals surface area contributed by atoms with Gasteiger partial charge < -0.3 is 0 Å². The van der Waals surface area contributed by atoms with Gasteiger partial charge in [0.1, 0.15) is 0 Å². The molecule has 14 heavy (non-hydrogen) atoms. The molecule has 1 aromatic rings. The summed E-state index contributed by atoms with van der Waals surface area (Å²) in [5.41, 5.74) is 1.50. The minimum absolute atomic E-state index is 0.606. The van der Waals surface area contributed by atoms with E-state index < -0.39 is 0 Å². The van der Waals surface area contributed by atoms with Crippen LogP contribution in [0.1, 0.15) is 6.42 Å². The van der Waals surface area contributed by atoms with E-state index in [4.69, 9.17) is 0 Å². The monoisotopic (exact) mass is 180 g/mol. The summed E-state index contributed by atoms with van der Waals surface area (Å²) in [6, 6.07) is 8.62. The van der Waals surface area contributed by atoms with Gasteiger partial charge in [0, 0.05) is 5.92 Å². The van der Waals surface area contributed by atoms with Crippen molar-refractivity contribution in [2.75, 3.05) is 0 Å². The molecule has 0 spiro atoms. The molecule has 2 aliphatic rings. The third-order valence-corrected chi connectivity index (χ3v) is 2.96. The Morgan fingerprint density at radius 3 is 2.79 bits per heavy atom. The zero-order chi connectivity index (χ0) is 9.38. The van der Waals surface area contributed by atoms with Crippen LogP contribution in [-0.2, 0) is 0 Å². The maximum Gasteiger partial charge on any atom is 0.00620 e. The van der Waals surface area contributed by atoms with Crippen molar-refractivity contribution in [2.45, 2.75) is 6.42 Å². The van der Waals surface area contributed by atoms with Crippen molar-refractivity contribution >= 4 is 11.6 Å². The molecule has 0 radical (unpaired) electrons. The number of rotatable bonds is 1. The van der Waals surface area contributed by atoms with Gasteiger partial charge in [0.2, 0.25) is 0 Å². The fourth-order valence-electron chi connectivity index (χ4n) is 2.17. The average Bonchev–Trinajstić information content (AvgIpc) is 2.22. The van der Waals surface area contributed by atoms with Crippen molar-refractivity contribution in [2.24, 2.45) is 5.92 Å². The minimum atomic E-state index is 0.606. The summed E-state index contributed by atoms with van der Waals surface area (Å²) >= 11 is 0. The van der Waals surface area contributed by atoms with Crippen molar-refractivity contribution in [1.82, 2.24) is 0 Å². The average molecular weight is 180 g/mol. The van der Waals surface area contributed by atoms with Gasteiger partial charge in [0.15, 0.2) is 0 Å². The third-order valence-electron chi connectivity index (χ3n) is 2.96. The van der Waals surface area contributed by atoms with Gasteiger partial charge >= 0.3 is 0 Å². The second kappa shape index (κ2) is 2.98. The molecule has 68 valence electrons. The predicted molar refractivity (Wildman–Crippen MR) is 60.0 cm³/mol. The summed E-state index contributed by atoms with van der Waals surface area (Å²) in [5.74, 6) is 0.606. The molecule has 0 heteroatoms. The highest BCUT2D eigenvalue weighted by molar-refractivity contribution is 5.84. The van der Waals surface area contributed by atoms with Crippen molar-refractivity contribution in [3.05, 3.63) is 59.0 Å². The van der Waals surface area contributed by atoms with Crippen LogP contribution in [0.2, 0.25) is 0 Å². The Balaban J connectivity index is 2.06. The molecule has 0 amide bonds. The van der Waals surface area contributed by atoms with Crippen molar-refractivity contribution in [3.8, 4) is 0 Å². The van der Waals surface area contributed by atoms with Crippen LogP contribution >= 0.6 is 0 Å². The molecule has 1 aromatic carbocycles. The maximum atomic E-state index is 2.31. The first kappa shape index (κ1) is 7.81. The molecule has 0 nitrogen and oxygen atoms in total. The van der Waals surface area contributed by atoms with E-state index in [0.29, 0.717) is 5.92 Å². The van der Waals surface area contributed by atoms with E-state index >= 15 is 0 Å². The zero-order valence-electron chi connectivity index (χ0n) is 7.98. The quantitative estimate of drug-likeness (QED) is 0.618. The molecule has 0 bridgehead atoms. The molecule has 3 rings (SSSR count). The normalized spacial score (nSPS) is 22.6. The van der Waals surface area contributed by atoms with Gasteiger partial charge in [0.25, 0.3) is 0 Å². The molecule has 2 aliphatic carbocycles. The molecule has 0 heterocycles. The highest BCUT2D eigenvalue weighted by Gasteiger charge is 2.14. The van der Waals surface area contributed by atoms with Crippen LogP contribution in [0.25, 0.3) is 11.6 Å². The SMILES string of the molecule is C1=CCC(C2=c3ccccc3=C2)C=C1. The van der Waals surface area contributed by atoms with Gasteiger partial charge in [-0.1, -0.05) is 48.6 Å². The van der Waals surface area contributed by atoms with Crippen molar-refractivity contribution < 1.29 is 0 Å². The second-order valence-corrected chi connectivity index (χ2v) is 3.84.